The molecule has 1 rings (SSSR count). The number of aliphatic carboxylic acids is 1. The van der Waals surface area contributed by atoms with Gasteiger partial charge in [0.05, 0.1) is 12.0 Å². The van der Waals surface area contributed by atoms with Crippen LogP contribution in [0, 0.1) is 0 Å². The Morgan fingerprint density at radius 1 is 1.35 bits per heavy atom. The molecule has 2 amide bonds. The quantitative estimate of drug-likeness (QED) is 0.631. The molecule has 3 N–H and O–H groups in total. The van der Waals surface area contributed by atoms with Crippen LogP contribution in [0.15, 0.2) is 0 Å². The maximum atomic E-state index is 11.6. The number of amides is 2. The lowest BCUT2D eigenvalue weighted by Gasteiger charge is -2.28. The van der Waals surface area contributed by atoms with E-state index in [4.69, 9.17) is 5.11 Å². The van der Waals surface area contributed by atoms with Gasteiger partial charge in [-0.05, 0) is 19.1 Å². The van der Waals surface area contributed by atoms with Crippen molar-refractivity contribution in [1.82, 2.24) is 10.6 Å². The summed E-state index contributed by atoms with van der Waals surface area (Å²) in [5.41, 5.74) is -0.532. The van der Waals surface area contributed by atoms with E-state index in [1.54, 1.807) is 11.8 Å². The largest absolute Gasteiger partial charge is 0.481 e. The average Bonchev–Trinajstić information content (AvgIpc) is 2.65. The van der Waals surface area contributed by atoms with E-state index in [2.05, 4.69) is 10.6 Å². The smallest absolute Gasteiger partial charge is 0.315 e. The number of carbonyl (C=O) groups is 2. The predicted molar refractivity (Wildman–Crippen MR) is 68.4 cm³/mol. The Balaban J connectivity index is 2.43. The Hall–Kier alpha value is -0.910. The highest BCUT2D eigenvalue weighted by molar-refractivity contribution is 7.98. The van der Waals surface area contributed by atoms with Gasteiger partial charge >= 0.3 is 12.0 Å². The molecule has 0 spiro atoms. The zero-order chi connectivity index (χ0) is 12.7. The van der Waals surface area contributed by atoms with Gasteiger partial charge in [-0.1, -0.05) is 12.8 Å². The number of hydrogen-bond acceptors (Lipinski definition) is 3. The molecule has 98 valence electrons. The third-order valence-corrected chi connectivity index (χ3v) is 3.63. The van der Waals surface area contributed by atoms with Crippen molar-refractivity contribution in [3.05, 3.63) is 0 Å². The lowest BCUT2D eigenvalue weighted by Crippen LogP contribution is -2.51. The highest BCUT2D eigenvalue weighted by Gasteiger charge is 2.37. The Morgan fingerprint density at radius 2 is 2.00 bits per heavy atom. The van der Waals surface area contributed by atoms with Crippen LogP contribution in [0.3, 0.4) is 0 Å². The number of hydrogen-bond donors (Lipinski definition) is 3. The topological polar surface area (TPSA) is 78.4 Å². The zero-order valence-electron chi connectivity index (χ0n) is 10.1. The molecular weight excluding hydrogens is 240 g/mol. The molecule has 0 aromatic rings. The molecule has 0 bridgehead atoms. The summed E-state index contributed by atoms with van der Waals surface area (Å²) >= 11 is 1.66. The molecule has 17 heavy (non-hydrogen) atoms. The van der Waals surface area contributed by atoms with E-state index >= 15 is 0 Å². The summed E-state index contributed by atoms with van der Waals surface area (Å²) in [4.78, 5) is 22.5. The summed E-state index contributed by atoms with van der Waals surface area (Å²) in [5, 5.41) is 14.5. The molecule has 1 fully saturated rings. The summed E-state index contributed by atoms with van der Waals surface area (Å²) in [7, 11) is 0. The molecular formula is C11H20N2O3S. The molecule has 0 radical (unpaired) electrons. The summed E-state index contributed by atoms with van der Waals surface area (Å²) in [6.45, 7) is 0.607. The van der Waals surface area contributed by atoms with Crippen molar-refractivity contribution in [2.45, 2.75) is 37.6 Å². The molecule has 0 aliphatic heterocycles. The van der Waals surface area contributed by atoms with Gasteiger partial charge in [-0.2, -0.15) is 11.8 Å². The lowest BCUT2D eigenvalue weighted by molar-refractivity contribution is -0.138. The Morgan fingerprint density at radius 3 is 2.53 bits per heavy atom. The van der Waals surface area contributed by atoms with Gasteiger partial charge in [-0.25, -0.2) is 4.79 Å². The van der Waals surface area contributed by atoms with Gasteiger partial charge in [0.1, 0.15) is 0 Å². The number of rotatable bonds is 6. The van der Waals surface area contributed by atoms with Crippen molar-refractivity contribution >= 4 is 23.8 Å². The molecule has 6 heteroatoms. The minimum absolute atomic E-state index is 0.0168. The second-order valence-electron chi connectivity index (χ2n) is 4.43. The van der Waals surface area contributed by atoms with E-state index < -0.39 is 11.5 Å². The van der Waals surface area contributed by atoms with Crippen molar-refractivity contribution < 1.29 is 14.7 Å². The lowest BCUT2D eigenvalue weighted by atomic mass is 9.93. The maximum Gasteiger partial charge on any atom is 0.315 e. The molecule has 0 heterocycles. The number of carbonyl (C=O) groups excluding carboxylic acids is 1. The SMILES string of the molecule is CSCCNC(=O)NC1(CC(=O)O)CCCC1. The maximum absolute atomic E-state index is 11.6. The fourth-order valence-electron chi connectivity index (χ4n) is 2.24. The van der Waals surface area contributed by atoms with Crippen molar-refractivity contribution in [3.8, 4) is 0 Å². The Labute approximate surface area is 106 Å². The number of carboxylic acid groups (broad SMARTS) is 1. The second-order valence-corrected chi connectivity index (χ2v) is 5.42. The van der Waals surface area contributed by atoms with Gasteiger partial charge in [0, 0.05) is 12.3 Å². The summed E-state index contributed by atoms with van der Waals surface area (Å²) in [6, 6.07) is -0.248. The van der Waals surface area contributed by atoms with Crippen molar-refractivity contribution in [2.75, 3.05) is 18.6 Å². The third kappa shape index (κ3) is 4.85. The molecule has 5 nitrogen and oxygen atoms in total. The monoisotopic (exact) mass is 260 g/mol. The van der Waals surface area contributed by atoms with Crippen LogP contribution in [-0.2, 0) is 4.79 Å². The van der Waals surface area contributed by atoms with Crippen LogP contribution in [0.4, 0.5) is 4.79 Å². The molecule has 0 unspecified atom stereocenters. The second kappa shape index (κ2) is 6.74. The minimum Gasteiger partial charge on any atom is -0.481 e. The number of nitrogens with one attached hydrogen (secondary N) is 2. The van der Waals surface area contributed by atoms with Crippen LogP contribution in [0.25, 0.3) is 0 Å². The van der Waals surface area contributed by atoms with Crippen LogP contribution in [0.2, 0.25) is 0 Å². The standard InChI is InChI=1S/C11H20N2O3S/c1-17-7-6-12-10(16)13-11(8-9(14)15)4-2-3-5-11/h2-8H2,1H3,(H,14,15)(H2,12,13,16). The molecule has 1 aliphatic carbocycles. The van der Waals surface area contributed by atoms with Gasteiger partial charge in [0.15, 0.2) is 0 Å². The minimum atomic E-state index is -0.851. The van der Waals surface area contributed by atoms with Crippen molar-refractivity contribution in [3.63, 3.8) is 0 Å². The van der Waals surface area contributed by atoms with Crippen LogP contribution < -0.4 is 10.6 Å². The molecule has 1 saturated carbocycles. The van der Waals surface area contributed by atoms with Crippen molar-refractivity contribution in [2.24, 2.45) is 0 Å². The molecule has 1 aliphatic rings. The van der Waals surface area contributed by atoms with Gasteiger partial charge in [0.2, 0.25) is 0 Å². The Kier molecular flexibility index (Phi) is 5.61. The van der Waals surface area contributed by atoms with Gasteiger partial charge in [-0.15, -0.1) is 0 Å². The highest BCUT2D eigenvalue weighted by Crippen LogP contribution is 2.32. The number of thioether (sulfide) groups is 1. The van der Waals surface area contributed by atoms with Gasteiger partial charge in [-0.3, -0.25) is 4.79 Å². The number of urea groups is 1. The average molecular weight is 260 g/mol. The van der Waals surface area contributed by atoms with Crippen LogP contribution in [0.5, 0.6) is 0 Å². The summed E-state index contributed by atoms with van der Waals surface area (Å²) < 4.78 is 0. The van der Waals surface area contributed by atoms with Crippen LogP contribution in [0.1, 0.15) is 32.1 Å². The van der Waals surface area contributed by atoms with E-state index in [1.165, 1.54) is 0 Å². The first-order valence-corrected chi connectivity index (χ1v) is 7.24. The van der Waals surface area contributed by atoms with Gasteiger partial charge < -0.3 is 15.7 Å². The van der Waals surface area contributed by atoms with E-state index in [1.807, 2.05) is 6.26 Å². The van der Waals surface area contributed by atoms with Gasteiger partial charge in [0.25, 0.3) is 0 Å². The molecule has 0 atom stereocenters. The first-order valence-electron chi connectivity index (χ1n) is 5.85. The van der Waals surface area contributed by atoms with E-state index in [0.717, 1.165) is 31.4 Å². The van der Waals surface area contributed by atoms with Crippen LogP contribution >= 0.6 is 11.8 Å². The molecule has 0 aromatic heterocycles. The highest BCUT2D eigenvalue weighted by atomic mass is 32.2. The zero-order valence-corrected chi connectivity index (χ0v) is 10.9. The first kappa shape index (κ1) is 14.2. The summed E-state index contributed by atoms with van der Waals surface area (Å²) in [5.74, 6) is 0.00983. The number of carboxylic acids is 1. The summed E-state index contributed by atoms with van der Waals surface area (Å²) in [6.07, 6.45) is 5.48. The third-order valence-electron chi connectivity index (χ3n) is 3.02. The van der Waals surface area contributed by atoms with Crippen LogP contribution in [-0.4, -0.2) is 41.2 Å². The predicted octanol–water partition coefficient (Wildman–Crippen LogP) is 1.44. The normalized spacial score (nSPS) is 17.7. The van der Waals surface area contributed by atoms with E-state index in [0.29, 0.717) is 6.54 Å². The van der Waals surface area contributed by atoms with E-state index in [9.17, 15) is 9.59 Å². The van der Waals surface area contributed by atoms with E-state index in [-0.39, 0.29) is 12.5 Å². The first-order chi connectivity index (χ1) is 8.08. The molecule has 0 aromatic carbocycles. The fraction of sp³-hybridized carbons (Fsp3) is 0.818. The fourth-order valence-corrected chi connectivity index (χ4v) is 2.55. The Bertz CT molecular complexity index is 278. The molecule has 0 saturated heterocycles. The van der Waals surface area contributed by atoms with Crippen molar-refractivity contribution in [1.29, 1.82) is 0 Å².